The Labute approximate surface area is 94.2 Å². The minimum Gasteiger partial charge on any atom is -0.366 e. The average molecular weight is 221 g/mol. The lowest BCUT2D eigenvalue weighted by atomic mass is 10.2. The summed E-state index contributed by atoms with van der Waals surface area (Å²) in [6.07, 6.45) is 3.98. The van der Waals surface area contributed by atoms with Gasteiger partial charge in [0, 0.05) is 18.7 Å². The fraction of sp³-hybridized carbons (Fsp3) is 0.545. The Morgan fingerprint density at radius 3 is 2.88 bits per heavy atom. The summed E-state index contributed by atoms with van der Waals surface area (Å²) >= 11 is 0. The first-order valence-corrected chi connectivity index (χ1v) is 5.47. The SMILES string of the molecule is Cc1cc([N+](=O)[O-])ncc1N1CCC[C@H]1C. The third kappa shape index (κ3) is 1.85. The lowest BCUT2D eigenvalue weighted by molar-refractivity contribution is -0.389. The number of aryl methyl sites for hydroxylation is 1. The van der Waals surface area contributed by atoms with E-state index in [0.29, 0.717) is 6.04 Å². The maximum atomic E-state index is 10.6. The second-order valence-corrected chi connectivity index (χ2v) is 4.27. The van der Waals surface area contributed by atoms with Crippen LogP contribution in [0.4, 0.5) is 11.5 Å². The molecule has 0 saturated carbocycles. The van der Waals surface area contributed by atoms with Crippen LogP contribution in [0.15, 0.2) is 12.3 Å². The first-order valence-electron chi connectivity index (χ1n) is 5.47. The van der Waals surface area contributed by atoms with Crippen molar-refractivity contribution in [1.29, 1.82) is 0 Å². The summed E-state index contributed by atoms with van der Waals surface area (Å²) < 4.78 is 0. The summed E-state index contributed by atoms with van der Waals surface area (Å²) in [5.74, 6) is -0.0758. The first-order chi connectivity index (χ1) is 7.59. The van der Waals surface area contributed by atoms with Crippen LogP contribution < -0.4 is 4.90 Å². The molecule has 1 aliphatic heterocycles. The Bertz CT molecular complexity index is 420. The van der Waals surface area contributed by atoms with Gasteiger partial charge in [0.25, 0.3) is 0 Å². The number of hydrogen-bond donors (Lipinski definition) is 0. The summed E-state index contributed by atoms with van der Waals surface area (Å²) in [7, 11) is 0. The smallest absolute Gasteiger partial charge is 0.363 e. The van der Waals surface area contributed by atoms with Crippen molar-refractivity contribution in [3.63, 3.8) is 0 Å². The van der Waals surface area contributed by atoms with Gasteiger partial charge in [-0.15, -0.1) is 0 Å². The Morgan fingerprint density at radius 2 is 2.38 bits per heavy atom. The molecular formula is C11H15N3O2. The third-order valence-electron chi connectivity index (χ3n) is 3.12. The number of nitrogens with zero attached hydrogens (tertiary/aromatic N) is 3. The fourth-order valence-electron chi connectivity index (χ4n) is 2.23. The van der Waals surface area contributed by atoms with Crippen molar-refractivity contribution in [2.45, 2.75) is 32.7 Å². The van der Waals surface area contributed by atoms with Gasteiger partial charge in [0.15, 0.2) is 6.20 Å². The van der Waals surface area contributed by atoms with Crippen LogP contribution in [0, 0.1) is 17.0 Å². The predicted molar refractivity (Wildman–Crippen MR) is 61.7 cm³/mol. The van der Waals surface area contributed by atoms with Gasteiger partial charge in [-0.25, -0.2) is 0 Å². The van der Waals surface area contributed by atoms with E-state index in [1.54, 1.807) is 12.3 Å². The molecule has 1 atom stereocenters. The van der Waals surface area contributed by atoms with Crippen molar-refractivity contribution in [2.75, 3.05) is 11.4 Å². The predicted octanol–water partition coefficient (Wildman–Crippen LogP) is 2.29. The van der Waals surface area contributed by atoms with Gasteiger partial charge in [-0.2, -0.15) is 0 Å². The molecule has 1 aromatic heterocycles. The molecule has 0 radical (unpaired) electrons. The zero-order valence-electron chi connectivity index (χ0n) is 9.51. The van der Waals surface area contributed by atoms with Crippen molar-refractivity contribution in [1.82, 2.24) is 4.98 Å². The highest BCUT2D eigenvalue weighted by atomic mass is 16.6. The lowest BCUT2D eigenvalue weighted by Gasteiger charge is -2.23. The van der Waals surface area contributed by atoms with Gasteiger partial charge in [0.1, 0.15) is 0 Å². The normalized spacial score (nSPS) is 20.1. The zero-order valence-corrected chi connectivity index (χ0v) is 9.51. The van der Waals surface area contributed by atoms with Gasteiger partial charge in [0.2, 0.25) is 0 Å². The topological polar surface area (TPSA) is 59.3 Å². The van der Waals surface area contributed by atoms with Crippen LogP contribution in [0.1, 0.15) is 25.3 Å². The fourth-order valence-corrected chi connectivity index (χ4v) is 2.23. The van der Waals surface area contributed by atoms with Gasteiger partial charge in [-0.1, -0.05) is 0 Å². The summed E-state index contributed by atoms with van der Waals surface area (Å²) in [4.78, 5) is 16.3. The van der Waals surface area contributed by atoms with Crippen LogP contribution in [0.25, 0.3) is 0 Å². The molecule has 0 spiro atoms. The van der Waals surface area contributed by atoms with Gasteiger partial charge in [0.05, 0.1) is 5.69 Å². The summed E-state index contributed by atoms with van der Waals surface area (Å²) in [5, 5.41) is 10.6. The molecule has 0 aromatic carbocycles. The molecule has 0 bridgehead atoms. The molecule has 2 rings (SSSR count). The minimum absolute atomic E-state index is 0.0758. The highest BCUT2D eigenvalue weighted by molar-refractivity contribution is 5.55. The minimum atomic E-state index is -0.454. The van der Waals surface area contributed by atoms with Gasteiger partial charge in [-0.3, -0.25) is 0 Å². The van der Waals surface area contributed by atoms with Gasteiger partial charge >= 0.3 is 5.82 Å². The number of aromatic nitrogens is 1. The number of pyridine rings is 1. The Morgan fingerprint density at radius 1 is 1.62 bits per heavy atom. The molecule has 1 saturated heterocycles. The highest BCUT2D eigenvalue weighted by Crippen LogP contribution is 2.28. The molecule has 5 nitrogen and oxygen atoms in total. The van der Waals surface area contributed by atoms with E-state index in [4.69, 9.17) is 0 Å². The van der Waals surface area contributed by atoms with E-state index in [0.717, 1.165) is 17.8 Å². The molecule has 0 aliphatic carbocycles. The Hall–Kier alpha value is -1.65. The van der Waals surface area contributed by atoms with Crippen LogP contribution >= 0.6 is 0 Å². The zero-order chi connectivity index (χ0) is 11.7. The largest absolute Gasteiger partial charge is 0.366 e. The van der Waals surface area contributed by atoms with Crippen LogP contribution in [-0.4, -0.2) is 22.5 Å². The number of anilines is 1. The standard InChI is InChI=1S/C11H15N3O2/c1-8-6-11(14(15)16)12-7-10(8)13-5-3-4-9(13)2/h6-7,9H,3-5H2,1-2H3/t9-/m1/s1. The van der Waals surface area contributed by atoms with Crippen molar-refractivity contribution in [2.24, 2.45) is 0 Å². The first kappa shape index (κ1) is 10.9. The summed E-state index contributed by atoms with van der Waals surface area (Å²) in [6.45, 7) is 5.09. The van der Waals surface area contributed by atoms with E-state index in [9.17, 15) is 10.1 Å². The van der Waals surface area contributed by atoms with E-state index < -0.39 is 4.92 Å². The Balaban J connectivity index is 2.32. The van der Waals surface area contributed by atoms with Crippen molar-refractivity contribution in [3.8, 4) is 0 Å². The molecular weight excluding hydrogens is 206 g/mol. The number of nitro groups is 1. The van der Waals surface area contributed by atoms with E-state index in [1.807, 2.05) is 6.92 Å². The van der Waals surface area contributed by atoms with E-state index in [-0.39, 0.29) is 5.82 Å². The molecule has 1 aliphatic rings. The molecule has 0 N–H and O–H groups in total. The second-order valence-electron chi connectivity index (χ2n) is 4.27. The van der Waals surface area contributed by atoms with Crippen LogP contribution in [-0.2, 0) is 0 Å². The molecule has 0 unspecified atom stereocenters. The van der Waals surface area contributed by atoms with Gasteiger partial charge in [-0.05, 0) is 42.2 Å². The molecule has 1 fully saturated rings. The van der Waals surface area contributed by atoms with E-state index >= 15 is 0 Å². The maximum Gasteiger partial charge on any atom is 0.363 e. The second kappa shape index (κ2) is 4.08. The molecule has 16 heavy (non-hydrogen) atoms. The maximum absolute atomic E-state index is 10.6. The van der Waals surface area contributed by atoms with Gasteiger partial charge < -0.3 is 15.0 Å². The van der Waals surface area contributed by atoms with Crippen molar-refractivity contribution < 1.29 is 4.92 Å². The summed E-state index contributed by atoms with van der Waals surface area (Å²) in [6, 6.07) is 2.04. The monoisotopic (exact) mass is 221 g/mol. The molecule has 0 amide bonds. The summed E-state index contributed by atoms with van der Waals surface area (Å²) in [5.41, 5.74) is 1.95. The average Bonchev–Trinajstić information content (AvgIpc) is 2.64. The quantitative estimate of drug-likeness (QED) is 0.568. The van der Waals surface area contributed by atoms with Crippen LogP contribution in [0.5, 0.6) is 0 Å². The molecule has 1 aromatic rings. The molecule has 86 valence electrons. The van der Waals surface area contributed by atoms with E-state index in [1.165, 1.54) is 12.8 Å². The third-order valence-corrected chi connectivity index (χ3v) is 3.12. The highest BCUT2D eigenvalue weighted by Gasteiger charge is 2.24. The Kier molecular flexibility index (Phi) is 2.77. The van der Waals surface area contributed by atoms with Crippen LogP contribution in [0.2, 0.25) is 0 Å². The van der Waals surface area contributed by atoms with Crippen LogP contribution in [0.3, 0.4) is 0 Å². The number of rotatable bonds is 2. The lowest BCUT2D eigenvalue weighted by Crippen LogP contribution is -2.27. The van der Waals surface area contributed by atoms with Crippen molar-refractivity contribution in [3.05, 3.63) is 27.9 Å². The molecule has 2 heterocycles. The number of hydrogen-bond acceptors (Lipinski definition) is 4. The molecule has 5 heteroatoms. The van der Waals surface area contributed by atoms with E-state index in [2.05, 4.69) is 16.8 Å². The van der Waals surface area contributed by atoms with Crippen molar-refractivity contribution >= 4 is 11.5 Å².